The van der Waals surface area contributed by atoms with Crippen molar-refractivity contribution in [3.05, 3.63) is 0 Å². The summed E-state index contributed by atoms with van der Waals surface area (Å²) < 4.78 is 0. The molecule has 0 aromatic rings. The monoisotopic (exact) mass is 214 g/mol. The van der Waals surface area contributed by atoms with Crippen molar-refractivity contribution in [3.8, 4) is 0 Å². The van der Waals surface area contributed by atoms with Crippen molar-refractivity contribution < 1.29 is 5.11 Å². The molecule has 1 unspecified atom stereocenters. The zero-order valence-electron chi connectivity index (χ0n) is 10.4. The van der Waals surface area contributed by atoms with Crippen LogP contribution in [0.4, 0.5) is 0 Å². The quantitative estimate of drug-likeness (QED) is 0.722. The normalized spacial score (nSPS) is 24.4. The standard InChI is InChI=1S/C12H26N2O/c1-12(2,15)7-9-14-8-5-4-6-11(14)10-13-3/h11,13,15H,4-10H2,1-3H3. The fraction of sp³-hybridized carbons (Fsp3) is 1.00. The SMILES string of the molecule is CNCC1CCCCN1CCC(C)(C)O. The highest BCUT2D eigenvalue weighted by atomic mass is 16.3. The van der Waals surface area contributed by atoms with Crippen LogP contribution in [0.2, 0.25) is 0 Å². The molecule has 1 saturated heterocycles. The zero-order chi connectivity index (χ0) is 11.3. The molecule has 1 atom stereocenters. The number of nitrogens with one attached hydrogen (secondary N) is 1. The number of rotatable bonds is 5. The highest BCUT2D eigenvalue weighted by Gasteiger charge is 2.23. The van der Waals surface area contributed by atoms with Gasteiger partial charge in [0.2, 0.25) is 0 Å². The molecule has 3 nitrogen and oxygen atoms in total. The molecular formula is C12H26N2O. The largest absolute Gasteiger partial charge is 0.390 e. The van der Waals surface area contributed by atoms with E-state index in [9.17, 15) is 5.11 Å². The minimum atomic E-state index is -0.526. The summed E-state index contributed by atoms with van der Waals surface area (Å²) in [5.41, 5.74) is -0.526. The predicted octanol–water partition coefficient (Wildman–Crippen LogP) is 1.22. The maximum atomic E-state index is 9.72. The first-order valence-corrected chi connectivity index (χ1v) is 6.14. The van der Waals surface area contributed by atoms with Gasteiger partial charge in [0.15, 0.2) is 0 Å². The van der Waals surface area contributed by atoms with E-state index in [1.54, 1.807) is 0 Å². The molecule has 0 aromatic carbocycles. The molecule has 2 N–H and O–H groups in total. The maximum absolute atomic E-state index is 9.72. The van der Waals surface area contributed by atoms with Gasteiger partial charge in [-0.15, -0.1) is 0 Å². The lowest BCUT2D eigenvalue weighted by Crippen LogP contribution is -2.46. The van der Waals surface area contributed by atoms with Crippen molar-refractivity contribution in [2.24, 2.45) is 0 Å². The topological polar surface area (TPSA) is 35.5 Å². The molecule has 90 valence electrons. The Hall–Kier alpha value is -0.120. The Bertz CT molecular complexity index is 175. The molecule has 15 heavy (non-hydrogen) atoms. The molecule has 0 bridgehead atoms. The molecule has 0 radical (unpaired) electrons. The molecule has 1 heterocycles. The van der Waals surface area contributed by atoms with Crippen LogP contribution in [0.3, 0.4) is 0 Å². The third-order valence-electron chi connectivity index (χ3n) is 3.20. The van der Waals surface area contributed by atoms with Crippen LogP contribution >= 0.6 is 0 Å². The fourth-order valence-electron chi connectivity index (χ4n) is 2.24. The van der Waals surface area contributed by atoms with E-state index in [1.165, 1.54) is 25.8 Å². The van der Waals surface area contributed by atoms with Crippen LogP contribution in [0.5, 0.6) is 0 Å². The minimum Gasteiger partial charge on any atom is -0.390 e. The third kappa shape index (κ3) is 4.96. The van der Waals surface area contributed by atoms with E-state index in [0.717, 1.165) is 19.5 Å². The lowest BCUT2D eigenvalue weighted by atomic mass is 9.99. The molecule has 1 rings (SSSR count). The van der Waals surface area contributed by atoms with E-state index < -0.39 is 5.60 Å². The molecule has 3 heteroatoms. The summed E-state index contributed by atoms with van der Waals surface area (Å²) in [5.74, 6) is 0. The lowest BCUT2D eigenvalue weighted by Gasteiger charge is -2.37. The van der Waals surface area contributed by atoms with Gasteiger partial charge in [0, 0.05) is 19.1 Å². The highest BCUT2D eigenvalue weighted by molar-refractivity contribution is 4.80. The molecular weight excluding hydrogens is 188 g/mol. The van der Waals surface area contributed by atoms with Gasteiger partial charge < -0.3 is 10.4 Å². The Kier molecular flexibility index (Phi) is 5.03. The number of likely N-dealkylation sites (tertiary alicyclic amines) is 1. The number of hydrogen-bond acceptors (Lipinski definition) is 3. The van der Waals surface area contributed by atoms with Gasteiger partial charge in [0.1, 0.15) is 0 Å². The van der Waals surface area contributed by atoms with Crippen LogP contribution < -0.4 is 5.32 Å². The third-order valence-corrected chi connectivity index (χ3v) is 3.20. The van der Waals surface area contributed by atoms with Crippen LogP contribution in [-0.2, 0) is 0 Å². The molecule has 0 aliphatic carbocycles. The molecule has 0 saturated carbocycles. The molecule has 1 fully saturated rings. The van der Waals surface area contributed by atoms with Gasteiger partial charge in [0.25, 0.3) is 0 Å². The van der Waals surface area contributed by atoms with Crippen LogP contribution in [0.15, 0.2) is 0 Å². The van der Waals surface area contributed by atoms with Crippen molar-refractivity contribution in [1.82, 2.24) is 10.2 Å². The average Bonchev–Trinajstić information content (AvgIpc) is 2.16. The number of nitrogens with zero attached hydrogens (tertiary/aromatic N) is 1. The summed E-state index contributed by atoms with van der Waals surface area (Å²) in [6, 6.07) is 0.672. The number of hydrogen-bond donors (Lipinski definition) is 2. The average molecular weight is 214 g/mol. The van der Waals surface area contributed by atoms with Crippen molar-refractivity contribution in [2.45, 2.75) is 51.2 Å². The lowest BCUT2D eigenvalue weighted by molar-refractivity contribution is 0.0444. The van der Waals surface area contributed by atoms with Crippen molar-refractivity contribution in [3.63, 3.8) is 0 Å². The van der Waals surface area contributed by atoms with Crippen molar-refractivity contribution in [2.75, 3.05) is 26.7 Å². The summed E-state index contributed by atoms with van der Waals surface area (Å²) in [5, 5.41) is 13.0. The summed E-state index contributed by atoms with van der Waals surface area (Å²) >= 11 is 0. The van der Waals surface area contributed by atoms with Gasteiger partial charge in [-0.2, -0.15) is 0 Å². The first kappa shape index (κ1) is 12.9. The number of aliphatic hydroxyl groups is 1. The second-order valence-electron chi connectivity index (χ2n) is 5.31. The summed E-state index contributed by atoms with van der Waals surface area (Å²) in [6.45, 7) is 7.08. The maximum Gasteiger partial charge on any atom is 0.0603 e. The van der Waals surface area contributed by atoms with Crippen molar-refractivity contribution >= 4 is 0 Å². The van der Waals surface area contributed by atoms with E-state index in [0.29, 0.717) is 6.04 Å². The molecule has 0 spiro atoms. The van der Waals surface area contributed by atoms with Crippen LogP contribution in [-0.4, -0.2) is 48.3 Å². The number of likely N-dealkylation sites (N-methyl/N-ethyl adjacent to an activating group) is 1. The van der Waals surface area contributed by atoms with Gasteiger partial charge in [-0.25, -0.2) is 0 Å². The van der Waals surface area contributed by atoms with E-state index in [2.05, 4.69) is 10.2 Å². The first-order valence-electron chi connectivity index (χ1n) is 6.14. The van der Waals surface area contributed by atoms with Crippen molar-refractivity contribution in [1.29, 1.82) is 0 Å². The van der Waals surface area contributed by atoms with Crippen LogP contribution in [0.1, 0.15) is 39.5 Å². The fourth-order valence-corrected chi connectivity index (χ4v) is 2.24. The van der Waals surface area contributed by atoms with Gasteiger partial charge in [-0.05, 0) is 46.7 Å². The Morgan fingerprint density at radius 2 is 2.13 bits per heavy atom. The second kappa shape index (κ2) is 5.83. The minimum absolute atomic E-state index is 0.526. The Morgan fingerprint density at radius 3 is 2.73 bits per heavy atom. The molecule has 1 aliphatic rings. The van der Waals surface area contributed by atoms with Crippen LogP contribution in [0.25, 0.3) is 0 Å². The van der Waals surface area contributed by atoms with Gasteiger partial charge in [-0.1, -0.05) is 6.42 Å². The first-order chi connectivity index (χ1) is 7.03. The molecule has 0 amide bonds. The molecule has 1 aliphatic heterocycles. The van der Waals surface area contributed by atoms with Crippen LogP contribution in [0, 0.1) is 0 Å². The summed E-state index contributed by atoms with van der Waals surface area (Å²) in [4.78, 5) is 2.53. The number of piperidine rings is 1. The second-order valence-corrected chi connectivity index (χ2v) is 5.31. The highest BCUT2D eigenvalue weighted by Crippen LogP contribution is 2.18. The van der Waals surface area contributed by atoms with E-state index in [1.807, 2.05) is 20.9 Å². The van der Waals surface area contributed by atoms with E-state index in [4.69, 9.17) is 0 Å². The van der Waals surface area contributed by atoms with Gasteiger partial charge >= 0.3 is 0 Å². The van der Waals surface area contributed by atoms with E-state index >= 15 is 0 Å². The van der Waals surface area contributed by atoms with Gasteiger partial charge in [0.05, 0.1) is 5.60 Å². The smallest absolute Gasteiger partial charge is 0.0603 e. The molecule has 0 aromatic heterocycles. The Morgan fingerprint density at radius 1 is 1.40 bits per heavy atom. The zero-order valence-corrected chi connectivity index (χ0v) is 10.4. The Labute approximate surface area is 93.9 Å². The van der Waals surface area contributed by atoms with E-state index in [-0.39, 0.29) is 0 Å². The summed E-state index contributed by atoms with van der Waals surface area (Å²) in [7, 11) is 2.02. The Balaban J connectivity index is 2.35. The van der Waals surface area contributed by atoms with Gasteiger partial charge in [-0.3, -0.25) is 4.90 Å². The predicted molar refractivity (Wildman–Crippen MR) is 64.1 cm³/mol. The summed E-state index contributed by atoms with van der Waals surface area (Å²) in [6.07, 6.45) is 4.83.